The van der Waals surface area contributed by atoms with Crippen molar-refractivity contribution in [3.63, 3.8) is 0 Å². The summed E-state index contributed by atoms with van der Waals surface area (Å²) in [6, 6.07) is 11.7. The van der Waals surface area contributed by atoms with Gasteiger partial charge in [-0.3, -0.25) is 4.79 Å². The summed E-state index contributed by atoms with van der Waals surface area (Å²) in [4.78, 5) is 12.1. The fourth-order valence-corrected chi connectivity index (χ4v) is 4.58. The number of aromatic nitrogens is 1. The van der Waals surface area contributed by atoms with Crippen molar-refractivity contribution in [2.75, 3.05) is 7.05 Å². The van der Waals surface area contributed by atoms with Gasteiger partial charge in [0, 0.05) is 24.4 Å². The highest BCUT2D eigenvalue weighted by molar-refractivity contribution is 7.90. The molecule has 138 valence electrons. The van der Waals surface area contributed by atoms with Crippen LogP contribution in [0, 0.1) is 5.82 Å². The molecule has 0 fully saturated rings. The fourth-order valence-electron chi connectivity index (χ4n) is 3.15. The number of nitrogens with one attached hydrogen (secondary N) is 1. The summed E-state index contributed by atoms with van der Waals surface area (Å²) in [5, 5.41) is 2.51. The molecule has 3 aromatic rings. The lowest BCUT2D eigenvalue weighted by atomic mass is 10.0. The van der Waals surface area contributed by atoms with Gasteiger partial charge in [-0.25, -0.2) is 16.8 Å². The van der Waals surface area contributed by atoms with Gasteiger partial charge in [-0.2, -0.15) is 0 Å². The van der Waals surface area contributed by atoms with Gasteiger partial charge in [0.1, 0.15) is 18.2 Å². The van der Waals surface area contributed by atoms with Gasteiger partial charge < -0.3 is 10.1 Å². The number of fused-ring (bicyclic) bond motifs is 3. The van der Waals surface area contributed by atoms with Crippen molar-refractivity contribution in [1.29, 1.82) is 0 Å². The molecule has 6 nitrogen and oxygen atoms in total. The smallest absolute Gasteiger partial charge is 0.268 e. The van der Waals surface area contributed by atoms with E-state index in [0.717, 1.165) is 10.0 Å². The summed E-state index contributed by atoms with van der Waals surface area (Å²) in [5.41, 5.74) is 1.56. The highest BCUT2D eigenvalue weighted by Gasteiger charge is 2.32. The number of nitrogens with zero attached hydrogens (tertiary/aromatic N) is 1. The zero-order valence-corrected chi connectivity index (χ0v) is 15.1. The zero-order valence-electron chi connectivity index (χ0n) is 14.3. The quantitative estimate of drug-likeness (QED) is 0.751. The lowest BCUT2D eigenvalue weighted by molar-refractivity contribution is 0.0961. The van der Waals surface area contributed by atoms with E-state index in [1.165, 1.54) is 31.4 Å². The van der Waals surface area contributed by atoms with Crippen LogP contribution in [0.2, 0.25) is 0 Å². The topological polar surface area (TPSA) is 77.4 Å². The third-order valence-corrected chi connectivity index (χ3v) is 6.07. The van der Waals surface area contributed by atoms with Gasteiger partial charge >= 0.3 is 0 Å². The molecule has 0 unspecified atom stereocenters. The van der Waals surface area contributed by atoms with E-state index in [1.54, 1.807) is 24.3 Å². The van der Waals surface area contributed by atoms with Crippen molar-refractivity contribution in [3.05, 3.63) is 71.7 Å². The van der Waals surface area contributed by atoms with Gasteiger partial charge in [0.05, 0.1) is 16.2 Å². The molecule has 0 radical (unpaired) electrons. The van der Waals surface area contributed by atoms with E-state index in [-0.39, 0.29) is 17.1 Å². The average Bonchev–Trinajstić information content (AvgIpc) is 3.08. The fraction of sp³-hybridized carbons (Fsp3) is 0.105. The van der Waals surface area contributed by atoms with Crippen molar-refractivity contribution in [3.8, 4) is 17.0 Å². The largest absolute Gasteiger partial charge is 0.488 e. The minimum absolute atomic E-state index is 0.0563. The Morgan fingerprint density at radius 1 is 1.19 bits per heavy atom. The number of ether oxygens (including phenoxy) is 1. The molecule has 0 saturated heterocycles. The first-order chi connectivity index (χ1) is 12.9. The minimum atomic E-state index is -4.13. The van der Waals surface area contributed by atoms with Gasteiger partial charge in [-0.15, -0.1) is 0 Å². The molecular weight excluding hydrogens is 371 g/mol. The molecule has 1 aliphatic rings. The van der Waals surface area contributed by atoms with E-state index in [1.807, 2.05) is 0 Å². The number of hydrogen-bond acceptors (Lipinski definition) is 4. The molecule has 4 rings (SSSR count). The summed E-state index contributed by atoms with van der Waals surface area (Å²) < 4.78 is 46.8. The monoisotopic (exact) mass is 386 g/mol. The van der Waals surface area contributed by atoms with Crippen LogP contribution in [0.3, 0.4) is 0 Å². The predicted molar refractivity (Wildman–Crippen MR) is 96.6 cm³/mol. The zero-order chi connectivity index (χ0) is 19.2. The Hall–Kier alpha value is -3.13. The molecule has 1 aliphatic heterocycles. The van der Waals surface area contributed by atoms with Crippen LogP contribution in [0.5, 0.6) is 5.75 Å². The van der Waals surface area contributed by atoms with E-state index in [9.17, 15) is 17.6 Å². The molecule has 1 amide bonds. The summed E-state index contributed by atoms with van der Waals surface area (Å²) in [6.45, 7) is 0.0563. The Morgan fingerprint density at radius 3 is 2.70 bits per heavy atom. The third kappa shape index (κ3) is 2.69. The second-order valence-electron chi connectivity index (χ2n) is 5.99. The van der Waals surface area contributed by atoms with Crippen molar-refractivity contribution in [1.82, 2.24) is 9.29 Å². The van der Waals surface area contributed by atoms with Gasteiger partial charge in [0.25, 0.3) is 15.9 Å². The van der Waals surface area contributed by atoms with Gasteiger partial charge in [-0.05, 0) is 30.3 Å². The van der Waals surface area contributed by atoms with Crippen molar-refractivity contribution < 1.29 is 22.3 Å². The van der Waals surface area contributed by atoms with Crippen LogP contribution in [0.4, 0.5) is 4.39 Å². The van der Waals surface area contributed by atoms with Gasteiger partial charge in [0.2, 0.25) is 0 Å². The van der Waals surface area contributed by atoms with Crippen LogP contribution >= 0.6 is 0 Å². The second kappa shape index (κ2) is 6.24. The summed E-state index contributed by atoms with van der Waals surface area (Å²) in [5.74, 6) is -0.572. The highest BCUT2D eigenvalue weighted by atomic mass is 32.2. The third-order valence-electron chi connectivity index (χ3n) is 4.42. The molecule has 2 heterocycles. The number of rotatable bonds is 3. The Bertz CT molecular complexity index is 1170. The lowest BCUT2D eigenvalue weighted by Gasteiger charge is -2.20. The molecule has 8 heteroatoms. The first-order valence-corrected chi connectivity index (χ1v) is 9.57. The Morgan fingerprint density at radius 2 is 1.96 bits per heavy atom. The summed E-state index contributed by atoms with van der Waals surface area (Å²) in [7, 11) is -2.66. The Balaban J connectivity index is 2.03. The SMILES string of the molecule is CNC(=O)c1cn(S(=O)(=O)c2cccc(F)c2)c2c1COc1ccccc1-2. The molecule has 0 bridgehead atoms. The molecule has 0 saturated carbocycles. The number of hydrogen-bond donors (Lipinski definition) is 1. The Kier molecular flexibility index (Phi) is 4.00. The van der Waals surface area contributed by atoms with Crippen molar-refractivity contribution in [2.24, 2.45) is 0 Å². The summed E-state index contributed by atoms with van der Waals surface area (Å²) >= 11 is 0. The Labute approximate surface area is 155 Å². The van der Waals surface area contributed by atoms with E-state index in [4.69, 9.17) is 4.74 Å². The van der Waals surface area contributed by atoms with E-state index in [0.29, 0.717) is 22.6 Å². The van der Waals surface area contributed by atoms with Crippen LogP contribution in [-0.4, -0.2) is 25.3 Å². The first-order valence-electron chi connectivity index (χ1n) is 8.13. The van der Waals surface area contributed by atoms with Crippen LogP contribution in [0.25, 0.3) is 11.3 Å². The number of carbonyl (C=O) groups excluding carboxylic acids is 1. The van der Waals surface area contributed by atoms with Crippen LogP contribution in [0.1, 0.15) is 15.9 Å². The van der Waals surface area contributed by atoms with Gasteiger partial charge in [0.15, 0.2) is 0 Å². The molecule has 1 aromatic heterocycles. The van der Waals surface area contributed by atoms with Crippen LogP contribution < -0.4 is 10.1 Å². The molecule has 2 aromatic carbocycles. The average molecular weight is 386 g/mol. The first kappa shape index (κ1) is 17.3. The van der Waals surface area contributed by atoms with E-state index in [2.05, 4.69) is 5.32 Å². The number of benzene rings is 2. The van der Waals surface area contributed by atoms with Crippen LogP contribution in [-0.2, 0) is 16.6 Å². The molecule has 1 N–H and O–H groups in total. The number of para-hydroxylation sites is 1. The highest BCUT2D eigenvalue weighted by Crippen LogP contribution is 2.41. The minimum Gasteiger partial charge on any atom is -0.488 e. The van der Waals surface area contributed by atoms with Crippen molar-refractivity contribution >= 4 is 15.9 Å². The summed E-state index contributed by atoms with van der Waals surface area (Å²) in [6.07, 6.45) is 1.26. The maximum Gasteiger partial charge on any atom is 0.268 e. The van der Waals surface area contributed by atoms with E-state index < -0.39 is 21.7 Å². The number of halogens is 1. The van der Waals surface area contributed by atoms with Crippen molar-refractivity contribution in [2.45, 2.75) is 11.5 Å². The molecular formula is C19H15FN2O4S. The maximum absolute atomic E-state index is 13.6. The lowest BCUT2D eigenvalue weighted by Crippen LogP contribution is -2.19. The molecule has 0 aliphatic carbocycles. The van der Waals surface area contributed by atoms with E-state index >= 15 is 0 Å². The predicted octanol–water partition coefficient (Wildman–Crippen LogP) is 2.78. The maximum atomic E-state index is 13.6. The van der Waals surface area contributed by atoms with Gasteiger partial charge in [-0.1, -0.05) is 18.2 Å². The molecule has 27 heavy (non-hydrogen) atoms. The molecule has 0 spiro atoms. The normalized spacial score (nSPS) is 12.7. The number of carbonyl (C=O) groups is 1. The molecule has 0 atom stereocenters. The standard InChI is InChI=1S/C19H15FN2O4S/c1-21-19(23)15-10-22(27(24,25)13-6-4-5-12(20)9-13)18-14-7-2-3-8-17(14)26-11-16(15)18/h2-10H,11H2,1H3,(H,21,23). The van der Waals surface area contributed by atoms with Crippen LogP contribution in [0.15, 0.2) is 59.6 Å². The number of amides is 1. The second-order valence-corrected chi connectivity index (χ2v) is 7.81.